The summed E-state index contributed by atoms with van der Waals surface area (Å²) in [7, 11) is 0. The maximum atomic E-state index is 13.6. The van der Waals surface area contributed by atoms with Crippen molar-refractivity contribution >= 4 is 29.1 Å². The maximum absolute atomic E-state index is 13.6. The second-order valence-electron chi connectivity index (χ2n) is 4.47. The number of carbonyl (C=O) groups is 1. The molecule has 0 spiro atoms. The molecule has 1 rings (SSSR count). The highest BCUT2D eigenvalue weighted by Crippen LogP contribution is 2.32. The molecular weight excluding hydrogens is 320 g/mol. The molecule has 0 bridgehead atoms. The fourth-order valence-electron chi connectivity index (χ4n) is 1.75. The fourth-order valence-corrected chi connectivity index (χ4v) is 2.33. The van der Waals surface area contributed by atoms with Crippen LogP contribution in [0.1, 0.15) is 18.9 Å². The smallest absolute Gasteiger partial charge is 0.242 e. The van der Waals surface area contributed by atoms with Gasteiger partial charge in [-0.3, -0.25) is 10.1 Å². The SMILES string of the molecule is CC(NCCCN=[N+]=[N-])(C(N)=O)c1cc(F)c(Cl)cc1Cl. The summed E-state index contributed by atoms with van der Waals surface area (Å²) in [6.07, 6.45) is 0.487. The Labute approximate surface area is 131 Å². The van der Waals surface area contributed by atoms with Gasteiger partial charge in [-0.2, -0.15) is 0 Å². The minimum Gasteiger partial charge on any atom is -0.368 e. The number of amides is 1. The van der Waals surface area contributed by atoms with Crippen LogP contribution in [-0.2, 0) is 10.3 Å². The van der Waals surface area contributed by atoms with Crippen molar-refractivity contribution < 1.29 is 9.18 Å². The summed E-state index contributed by atoms with van der Waals surface area (Å²) in [5.41, 5.74) is 12.4. The molecule has 0 aromatic heterocycles. The summed E-state index contributed by atoms with van der Waals surface area (Å²) in [6, 6.07) is 2.30. The first-order chi connectivity index (χ1) is 9.82. The Balaban J connectivity index is 3.02. The van der Waals surface area contributed by atoms with Crippen LogP contribution in [0.5, 0.6) is 0 Å². The van der Waals surface area contributed by atoms with Gasteiger partial charge in [-0.05, 0) is 37.6 Å². The van der Waals surface area contributed by atoms with Gasteiger partial charge in [0.25, 0.3) is 0 Å². The lowest BCUT2D eigenvalue weighted by molar-refractivity contribution is -0.124. The Morgan fingerprint density at radius 3 is 2.76 bits per heavy atom. The second-order valence-corrected chi connectivity index (χ2v) is 5.28. The number of hydrogen-bond acceptors (Lipinski definition) is 3. The monoisotopic (exact) mass is 333 g/mol. The van der Waals surface area contributed by atoms with Gasteiger partial charge in [-0.15, -0.1) is 0 Å². The summed E-state index contributed by atoms with van der Waals surface area (Å²) in [4.78, 5) is 14.4. The predicted molar refractivity (Wildman–Crippen MR) is 79.6 cm³/mol. The quantitative estimate of drug-likeness (QED) is 0.263. The Hall–Kier alpha value is -1.53. The van der Waals surface area contributed by atoms with E-state index < -0.39 is 17.3 Å². The highest BCUT2D eigenvalue weighted by atomic mass is 35.5. The number of nitrogens with zero attached hydrogens (tertiary/aromatic N) is 3. The molecule has 1 atom stereocenters. The van der Waals surface area contributed by atoms with Crippen LogP contribution in [0.2, 0.25) is 10.0 Å². The van der Waals surface area contributed by atoms with Crippen molar-refractivity contribution in [1.82, 2.24) is 5.32 Å². The zero-order valence-electron chi connectivity index (χ0n) is 11.2. The van der Waals surface area contributed by atoms with Gasteiger partial charge in [0.1, 0.15) is 11.4 Å². The number of benzene rings is 1. The number of primary amides is 1. The number of rotatable bonds is 7. The lowest BCUT2D eigenvalue weighted by Gasteiger charge is -2.29. The van der Waals surface area contributed by atoms with Gasteiger partial charge in [0.05, 0.1) is 5.02 Å². The second kappa shape index (κ2) is 7.47. The lowest BCUT2D eigenvalue weighted by atomic mass is 9.90. The van der Waals surface area contributed by atoms with E-state index in [1.165, 1.54) is 13.0 Å². The Morgan fingerprint density at radius 2 is 2.19 bits per heavy atom. The number of carbonyl (C=O) groups excluding carboxylic acids is 1. The van der Waals surface area contributed by atoms with E-state index in [2.05, 4.69) is 15.3 Å². The molecule has 0 heterocycles. The van der Waals surface area contributed by atoms with Crippen molar-refractivity contribution in [3.8, 4) is 0 Å². The van der Waals surface area contributed by atoms with Gasteiger partial charge in [0, 0.05) is 22.0 Å². The Morgan fingerprint density at radius 1 is 1.52 bits per heavy atom. The van der Waals surface area contributed by atoms with E-state index >= 15 is 0 Å². The van der Waals surface area contributed by atoms with Crippen molar-refractivity contribution in [3.63, 3.8) is 0 Å². The third-order valence-electron chi connectivity index (χ3n) is 3.02. The minimum atomic E-state index is -1.36. The van der Waals surface area contributed by atoms with E-state index in [-0.39, 0.29) is 22.2 Å². The molecule has 0 radical (unpaired) electrons. The van der Waals surface area contributed by atoms with Gasteiger partial charge in [0.15, 0.2) is 0 Å². The van der Waals surface area contributed by atoms with Crippen LogP contribution in [0.3, 0.4) is 0 Å². The third-order valence-corrected chi connectivity index (χ3v) is 3.62. The van der Waals surface area contributed by atoms with Crippen molar-refractivity contribution in [2.45, 2.75) is 18.9 Å². The topological polar surface area (TPSA) is 104 Å². The molecule has 0 saturated heterocycles. The van der Waals surface area contributed by atoms with Crippen LogP contribution in [0.4, 0.5) is 4.39 Å². The molecule has 0 fully saturated rings. The van der Waals surface area contributed by atoms with Crippen LogP contribution >= 0.6 is 23.2 Å². The first kappa shape index (κ1) is 17.5. The van der Waals surface area contributed by atoms with Crippen LogP contribution in [0.15, 0.2) is 17.2 Å². The number of hydrogen-bond donors (Lipinski definition) is 2. The van der Waals surface area contributed by atoms with Crippen LogP contribution in [-0.4, -0.2) is 19.0 Å². The Kier molecular flexibility index (Phi) is 6.23. The van der Waals surface area contributed by atoms with E-state index in [0.717, 1.165) is 6.07 Å². The highest BCUT2D eigenvalue weighted by molar-refractivity contribution is 6.35. The van der Waals surface area contributed by atoms with Crippen LogP contribution in [0.25, 0.3) is 10.4 Å². The van der Waals surface area contributed by atoms with Gasteiger partial charge < -0.3 is 5.73 Å². The molecule has 0 saturated carbocycles. The van der Waals surface area contributed by atoms with Gasteiger partial charge >= 0.3 is 0 Å². The van der Waals surface area contributed by atoms with E-state index in [1.54, 1.807) is 0 Å². The van der Waals surface area contributed by atoms with Gasteiger partial charge in [-0.1, -0.05) is 28.3 Å². The summed E-state index contributed by atoms with van der Waals surface area (Å²) in [6.45, 7) is 2.09. The molecular formula is C12H14Cl2FN5O. The summed E-state index contributed by atoms with van der Waals surface area (Å²) >= 11 is 11.7. The number of nitrogens with one attached hydrogen (secondary N) is 1. The molecule has 6 nitrogen and oxygen atoms in total. The zero-order chi connectivity index (χ0) is 16.0. The normalized spacial score (nSPS) is 13.3. The summed E-state index contributed by atoms with van der Waals surface area (Å²) in [5, 5.41) is 6.27. The van der Waals surface area contributed by atoms with E-state index in [1.807, 2.05) is 0 Å². The standard InChI is InChI=1S/C12H14Cl2FN5O/c1-12(11(16)21,18-3-2-4-19-20-17)7-5-10(15)9(14)6-8(7)13/h5-6,18H,2-4H2,1H3,(H2,16,21). The third kappa shape index (κ3) is 4.22. The number of azide groups is 1. The number of halogens is 3. The van der Waals surface area contributed by atoms with Crippen LogP contribution in [0, 0.1) is 5.82 Å². The molecule has 9 heteroatoms. The van der Waals surface area contributed by atoms with E-state index in [9.17, 15) is 9.18 Å². The molecule has 3 N–H and O–H groups in total. The molecule has 0 aliphatic carbocycles. The number of nitrogens with two attached hydrogens (primary N) is 1. The Bertz CT molecular complexity index is 591. The molecule has 0 aliphatic rings. The predicted octanol–water partition coefficient (Wildman–Crippen LogP) is 3.12. The molecule has 1 aromatic carbocycles. The summed E-state index contributed by atoms with van der Waals surface area (Å²) < 4.78 is 13.6. The molecule has 0 aliphatic heterocycles. The van der Waals surface area contributed by atoms with Gasteiger partial charge in [-0.25, -0.2) is 4.39 Å². The first-order valence-electron chi connectivity index (χ1n) is 6.03. The lowest BCUT2D eigenvalue weighted by Crippen LogP contribution is -2.51. The largest absolute Gasteiger partial charge is 0.368 e. The van der Waals surface area contributed by atoms with Crippen molar-refractivity contribution in [2.24, 2.45) is 10.8 Å². The summed E-state index contributed by atoms with van der Waals surface area (Å²) in [5.74, 6) is -1.41. The minimum absolute atomic E-state index is 0.130. The van der Waals surface area contributed by atoms with Crippen molar-refractivity contribution in [1.29, 1.82) is 0 Å². The average molecular weight is 334 g/mol. The first-order valence-corrected chi connectivity index (χ1v) is 6.79. The van der Waals surface area contributed by atoms with E-state index in [4.69, 9.17) is 34.5 Å². The van der Waals surface area contributed by atoms with Crippen LogP contribution < -0.4 is 11.1 Å². The molecule has 1 unspecified atom stereocenters. The average Bonchev–Trinajstić information content (AvgIpc) is 2.42. The zero-order valence-corrected chi connectivity index (χ0v) is 12.7. The fraction of sp³-hybridized carbons (Fsp3) is 0.417. The van der Waals surface area contributed by atoms with Crippen molar-refractivity contribution in [2.75, 3.05) is 13.1 Å². The molecule has 1 amide bonds. The molecule has 1 aromatic rings. The highest BCUT2D eigenvalue weighted by Gasteiger charge is 2.35. The van der Waals surface area contributed by atoms with E-state index in [0.29, 0.717) is 13.0 Å². The molecule has 114 valence electrons. The van der Waals surface area contributed by atoms with Gasteiger partial charge in [0.2, 0.25) is 5.91 Å². The molecule has 21 heavy (non-hydrogen) atoms. The maximum Gasteiger partial charge on any atom is 0.242 e. The van der Waals surface area contributed by atoms with Crippen molar-refractivity contribution in [3.05, 3.63) is 44.0 Å².